The van der Waals surface area contributed by atoms with Gasteiger partial charge in [0, 0.05) is 34.5 Å². The molecule has 140 valence electrons. The number of rotatable bonds is 3. The molecule has 4 aromatic rings. The van der Waals surface area contributed by atoms with Crippen molar-refractivity contribution in [1.82, 2.24) is 0 Å². The number of thiophene rings is 1. The Morgan fingerprint density at radius 1 is 0.821 bits per heavy atom. The third-order valence-electron chi connectivity index (χ3n) is 5.34. The van der Waals surface area contributed by atoms with Gasteiger partial charge in [-0.05, 0) is 49.1 Å². The van der Waals surface area contributed by atoms with Crippen LogP contribution in [-0.4, -0.2) is 13.1 Å². The summed E-state index contributed by atoms with van der Waals surface area (Å²) >= 11 is 1.73. The van der Waals surface area contributed by atoms with Crippen molar-refractivity contribution >= 4 is 28.2 Å². The summed E-state index contributed by atoms with van der Waals surface area (Å²) in [5.41, 5.74) is 2.91. The number of anilines is 1. The minimum absolute atomic E-state index is 0.0310. The highest BCUT2D eigenvalue weighted by atomic mass is 32.1. The van der Waals surface area contributed by atoms with Crippen molar-refractivity contribution < 1.29 is 4.42 Å². The Kier molecular flexibility index (Phi) is 4.49. The number of fused-ring (bicyclic) bond motifs is 1. The smallest absolute Gasteiger partial charge is 0.200 e. The molecule has 1 aliphatic heterocycles. The lowest BCUT2D eigenvalue weighted by molar-refractivity contribution is 0.513. The molecule has 4 heteroatoms. The van der Waals surface area contributed by atoms with E-state index in [4.69, 9.17) is 4.42 Å². The number of hydrogen-bond donors (Lipinski definition) is 0. The van der Waals surface area contributed by atoms with Crippen LogP contribution in [0.15, 0.2) is 75.9 Å². The van der Waals surface area contributed by atoms with Crippen LogP contribution in [0.2, 0.25) is 0 Å². The zero-order valence-electron chi connectivity index (χ0n) is 15.6. The average Bonchev–Trinajstić information content (AvgIpc) is 3.25. The summed E-state index contributed by atoms with van der Waals surface area (Å²) in [5.74, 6) is 0.699. The second-order valence-corrected chi connectivity index (χ2v) is 8.29. The largest absolute Gasteiger partial charge is 0.440 e. The SMILES string of the molecule is O=c1cc(N2CCCCC2)oc2c(-c3ccc(-c4ccccc4)s3)cccc12. The first-order chi connectivity index (χ1) is 13.8. The molecule has 0 saturated carbocycles. The van der Waals surface area contributed by atoms with Crippen LogP contribution in [0.1, 0.15) is 19.3 Å². The van der Waals surface area contributed by atoms with Crippen LogP contribution in [0.3, 0.4) is 0 Å². The van der Waals surface area contributed by atoms with Gasteiger partial charge in [0.1, 0.15) is 5.58 Å². The zero-order valence-corrected chi connectivity index (χ0v) is 16.4. The van der Waals surface area contributed by atoms with Gasteiger partial charge in [-0.25, -0.2) is 0 Å². The zero-order chi connectivity index (χ0) is 18.9. The van der Waals surface area contributed by atoms with E-state index in [2.05, 4.69) is 41.3 Å². The summed E-state index contributed by atoms with van der Waals surface area (Å²) in [6, 6.07) is 22.1. The van der Waals surface area contributed by atoms with E-state index in [1.54, 1.807) is 17.4 Å². The first-order valence-electron chi connectivity index (χ1n) is 9.77. The van der Waals surface area contributed by atoms with Crippen molar-refractivity contribution in [2.75, 3.05) is 18.0 Å². The van der Waals surface area contributed by atoms with E-state index in [1.807, 2.05) is 24.3 Å². The van der Waals surface area contributed by atoms with Crippen LogP contribution in [-0.2, 0) is 0 Å². The van der Waals surface area contributed by atoms with Gasteiger partial charge < -0.3 is 9.32 Å². The fourth-order valence-corrected chi connectivity index (χ4v) is 4.90. The van der Waals surface area contributed by atoms with Crippen molar-refractivity contribution in [2.45, 2.75) is 19.3 Å². The molecule has 0 radical (unpaired) electrons. The van der Waals surface area contributed by atoms with Crippen molar-refractivity contribution in [1.29, 1.82) is 0 Å². The topological polar surface area (TPSA) is 33.5 Å². The van der Waals surface area contributed by atoms with E-state index in [1.165, 1.54) is 16.9 Å². The molecule has 1 saturated heterocycles. The Balaban J connectivity index is 1.62. The Hall–Kier alpha value is -2.85. The van der Waals surface area contributed by atoms with E-state index in [9.17, 15) is 4.79 Å². The number of benzene rings is 2. The van der Waals surface area contributed by atoms with Crippen molar-refractivity contribution in [3.63, 3.8) is 0 Å². The van der Waals surface area contributed by atoms with Gasteiger partial charge in [-0.15, -0.1) is 11.3 Å². The highest BCUT2D eigenvalue weighted by Crippen LogP contribution is 2.38. The minimum atomic E-state index is 0.0310. The maximum absolute atomic E-state index is 12.8. The molecule has 3 nitrogen and oxygen atoms in total. The van der Waals surface area contributed by atoms with Crippen molar-refractivity contribution in [2.24, 2.45) is 0 Å². The molecular formula is C24H21NO2S. The Morgan fingerprint density at radius 3 is 2.43 bits per heavy atom. The fraction of sp³-hybridized carbons (Fsp3) is 0.208. The van der Waals surface area contributed by atoms with E-state index in [0.717, 1.165) is 36.4 Å². The molecule has 0 unspecified atom stereocenters. The lowest BCUT2D eigenvalue weighted by Gasteiger charge is -2.27. The van der Waals surface area contributed by atoms with E-state index in [-0.39, 0.29) is 5.43 Å². The van der Waals surface area contributed by atoms with Gasteiger partial charge in [0.2, 0.25) is 0 Å². The lowest BCUT2D eigenvalue weighted by atomic mass is 10.1. The predicted molar refractivity (Wildman–Crippen MR) is 117 cm³/mol. The third-order valence-corrected chi connectivity index (χ3v) is 6.51. The van der Waals surface area contributed by atoms with Gasteiger partial charge in [-0.1, -0.05) is 36.4 Å². The van der Waals surface area contributed by atoms with Gasteiger partial charge in [-0.3, -0.25) is 4.79 Å². The molecular weight excluding hydrogens is 366 g/mol. The van der Waals surface area contributed by atoms with Crippen LogP contribution in [0.4, 0.5) is 5.88 Å². The van der Waals surface area contributed by atoms with Crippen LogP contribution < -0.4 is 10.3 Å². The molecule has 3 heterocycles. The molecule has 2 aromatic heterocycles. The van der Waals surface area contributed by atoms with Gasteiger partial charge in [0.25, 0.3) is 0 Å². The maximum Gasteiger partial charge on any atom is 0.200 e. The molecule has 1 fully saturated rings. The molecule has 0 N–H and O–H groups in total. The highest BCUT2D eigenvalue weighted by molar-refractivity contribution is 7.18. The first kappa shape index (κ1) is 17.3. The third kappa shape index (κ3) is 3.14. The summed E-state index contributed by atoms with van der Waals surface area (Å²) in [7, 11) is 0. The standard InChI is InChI=1S/C24H21NO2S/c26-20-16-23(25-14-5-2-6-15-25)27-24-18(20)10-7-11-19(24)22-13-12-21(28-22)17-8-3-1-4-9-17/h1,3-4,7-13,16H,2,5-6,14-15H2. The Bertz CT molecular complexity index is 1170. The first-order valence-corrected chi connectivity index (χ1v) is 10.6. The maximum atomic E-state index is 12.8. The number of hydrogen-bond acceptors (Lipinski definition) is 4. The summed E-state index contributed by atoms with van der Waals surface area (Å²) < 4.78 is 6.32. The second-order valence-electron chi connectivity index (χ2n) is 7.21. The molecule has 0 spiro atoms. The van der Waals surface area contributed by atoms with Crippen LogP contribution >= 0.6 is 11.3 Å². The predicted octanol–water partition coefficient (Wildman–Crippen LogP) is 6.18. The van der Waals surface area contributed by atoms with Gasteiger partial charge in [0.05, 0.1) is 5.39 Å². The van der Waals surface area contributed by atoms with Gasteiger partial charge in [0.15, 0.2) is 11.3 Å². The van der Waals surface area contributed by atoms with E-state index < -0.39 is 0 Å². The minimum Gasteiger partial charge on any atom is -0.440 e. The Labute approximate surface area is 167 Å². The van der Waals surface area contributed by atoms with E-state index >= 15 is 0 Å². The molecule has 0 bridgehead atoms. The summed E-state index contributed by atoms with van der Waals surface area (Å²) in [5, 5.41) is 0.646. The molecule has 1 aliphatic rings. The van der Waals surface area contributed by atoms with Gasteiger partial charge >= 0.3 is 0 Å². The summed E-state index contributed by atoms with van der Waals surface area (Å²) in [4.78, 5) is 17.3. The van der Waals surface area contributed by atoms with Crippen LogP contribution in [0.25, 0.3) is 31.9 Å². The van der Waals surface area contributed by atoms with Gasteiger partial charge in [-0.2, -0.15) is 0 Å². The fourth-order valence-electron chi connectivity index (χ4n) is 3.87. The summed E-state index contributed by atoms with van der Waals surface area (Å²) in [6.07, 6.45) is 3.54. The quantitative estimate of drug-likeness (QED) is 0.421. The van der Waals surface area contributed by atoms with Crippen LogP contribution in [0, 0.1) is 0 Å². The normalized spacial score (nSPS) is 14.5. The lowest BCUT2D eigenvalue weighted by Crippen LogP contribution is -2.30. The molecule has 0 atom stereocenters. The summed E-state index contributed by atoms with van der Waals surface area (Å²) in [6.45, 7) is 1.90. The number of para-hydroxylation sites is 1. The molecule has 0 aliphatic carbocycles. The molecule has 28 heavy (non-hydrogen) atoms. The van der Waals surface area contributed by atoms with Crippen molar-refractivity contribution in [3.8, 4) is 20.9 Å². The molecule has 0 amide bonds. The average molecular weight is 388 g/mol. The number of piperidine rings is 1. The number of nitrogens with zero attached hydrogens (tertiary/aromatic N) is 1. The van der Waals surface area contributed by atoms with E-state index in [0.29, 0.717) is 16.9 Å². The van der Waals surface area contributed by atoms with Crippen LogP contribution in [0.5, 0.6) is 0 Å². The highest BCUT2D eigenvalue weighted by Gasteiger charge is 2.17. The second kappa shape index (κ2) is 7.28. The monoisotopic (exact) mass is 387 g/mol. The van der Waals surface area contributed by atoms with Crippen molar-refractivity contribution in [3.05, 3.63) is 77.0 Å². The molecule has 2 aromatic carbocycles. The molecule has 5 rings (SSSR count). The Morgan fingerprint density at radius 2 is 1.61 bits per heavy atom.